The number of hydrogen-bond donors (Lipinski definition) is 3. The summed E-state index contributed by atoms with van der Waals surface area (Å²) in [6.45, 7) is 1.58. The van der Waals surface area contributed by atoms with E-state index in [-0.39, 0.29) is 36.6 Å². The number of rotatable bonds is 4. The maximum atomic E-state index is 12.5. The third kappa shape index (κ3) is 4.72. The van der Waals surface area contributed by atoms with Crippen molar-refractivity contribution in [2.45, 2.75) is 50.4 Å². The summed E-state index contributed by atoms with van der Waals surface area (Å²) >= 11 is 0. The van der Waals surface area contributed by atoms with Gasteiger partial charge in [0.2, 0.25) is 0 Å². The van der Waals surface area contributed by atoms with Gasteiger partial charge in [-0.25, -0.2) is 4.79 Å². The predicted molar refractivity (Wildman–Crippen MR) is 81.1 cm³/mol. The first-order valence-corrected chi connectivity index (χ1v) is 7.31. The smallest absolute Gasteiger partial charge is 0.312 e. The number of amides is 3. The van der Waals surface area contributed by atoms with E-state index in [1.807, 2.05) is 4.90 Å². The molecule has 5 N–H and O–H groups in total. The van der Waals surface area contributed by atoms with Crippen LogP contribution in [-0.2, 0) is 9.53 Å². The predicted octanol–water partition coefficient (Wildman–Crippen LogP) is -0.0361. The maximum Gasteiger partial charge on any atom is 0.312 e. The largest absolute Gasteiger partial charge is 0.364 e. The molecule has 2 saturated heterocycles. The van der Waals surface area contributed by atoms with Gasteiger partial charge in [-0.3, -0.25) is 4.79 Å². The Labute approximate surface area is 131 Å². The van der Waals surface area contributed by atoms with E-state index in [9.17, 15) is 9.59 Å². The molecule has 0 radical (unpaired) electrons. The van der Waals surface area contributed by atoms with Crippen LogP contribution in [0.3, 0.4) is 0 Å². The van der Waals surface area contributed by atoms with Gasteiger partial charge in [-0.05, 0) is 32.1 Å². The number of halogens is 1. The summed E-state index contributed by atoms with van der Waals surface area (Å²) in [7, 11) is 0. The zero-order valence-corrected chi connectivity index (χ0v) is 12.9. The van der Waals surface area contributed by atoms with Crippen LogP contribution in [0.5, 0.6) is 0 Å². The van der Waals surface area contributed by atoms with E-state index in [2.05, 4.69) is 5.32 Å². The fraction of sp³-hybridized carbons (Fsp3) is 0.846. The number of carbonyl (C=O) groups is 2. The number of hydrogen-bond acceptors (Lipinski definition) is 4. The number of nitrogens with two attached hydrogens (primary N) is 2. The first-order valence-electron chi connectivity index (χ1n) is 7.31. The summed E-state index contributed by atoms with van der Waals surface area (Å²) in [6, 6.07) is -0.535. The van der Waals surface area contributed by atoms with Crippen LogP contribution in [0, 0.1) is 0 Å². The fourth-order valence-electron chi connectivity index (χ4n) is 2.97. The van der Waals surface area contributed by atoms with Gasteiger partial charge in [-0.1, -0.05) is 0 Å². The highest BCUT2D eigenvalue weighted by Gasteiger charge is 2.36. The van der Waals surface area contributed by atoms with Crippen LogP contribution in [0.15, 0.2) is 0 Å². The Hall–Kier alpha value is -1.05. The normalized spacial score (nSPS) is 28.8. The van der Waals surface area contributed by atoms with Gasteiger partial charge in [-0.15, -0.1) is 12.4 Å². The zero-order valence-electron chi connectivity index (χ0n) is 12.1. The monoisotopic (exact) mass is 320 g/mol. The number of ether oxygens (including phenoxy) is 1. The topological polar surface area (TPSA) is 111 Å². The van der Waals surface area contributed by atoms with Gasteiger partial charge < -0.3 is 26.4 Å². The van der Waals surface area contributed by atoms with E-state index in [1.165, 1.54) is 0 Å². The molecule has 2 aliphatic heterocycles. The first kappa shape index (κ1) is 18.0. The molecule has 1 unspecified atom stereocenters. The number of likely N-dealkylation sites (tertiary alicyclic amines) is 1. The van der Waals surface area contributed by atoms with Crippen molar-refractivity contribution >= 4 is 24.3 Å². The first-order chi connectivity index (χ1) is 9.61. The van der Waals surface area contributed by atoms with Crippen LogP contribution in [-0.4, -0.2) is 54.7 Å². The van der Waals surface area contributed by atoms with Gasteiger partial charge in [0.1, 0.15) is 6.10 Å². The molecule has 0 aromatic heterocycles. The van der Waals surface area contributed by atoms with Gasteiger partial charge in [0, 0.05) is 25.7 Å². The lowest BCUT2D eigenvalue weighted by Crippen LogP contribution is -2.53. The molecule has 122 valence electrons. The molecule has 0 spiro atoms. The standard InChI is InChI=1S/C13H24N4O3.ClH/c14-7-10-4-5-11(20-10)12(18)17-6-2-1-3-9(17)8-16-13(15)19;/h9-11H,1-8,14H2,(H3,15,16,19);1H/t9?,10-,11+;/m1./s1. The van der Waals surface area contributed by atoms with E-state index in [4.69, 9.17) is 16.2 Å². The number of primary amides is 1. The molecule has 0 saturated carbocycles. The summed E-state index contributed by atoms with van der Waals surface area (Å²) in [4.78, 5) is 25.2. The average Bonchev–Trinajstić information content (AvgIpc) is 2.93. The molecule has 2 aliphatic rings. The minimum absolute atomic E-state index is 0. The molecule has 0 aliphatic carbocycles. The molecule has 2 heterocycles. The minimum Gasteiger partial charge on any atom is -0.364 e. The highest BCUT2D eigenvalue weighted by Crippen LogP contribution is 2.24. The Bertz CT molecular complexity index is 369. The highest BCUT2D eigenvalue weighted by molar-refractivity contribution is 5.85. The van der Waals surface area contributed by atoms with Crippen molar-refractivity contribution in [2.75, 3.05) is 19.6 Å². The van der Waals surface area contributed by atoms with Gasteiger partial charge >= 0.3 is 6.03 Å². The van der Waals surface area contributed by atoms with Crippen molar-refractivity contribution < 1.29 is 14.3 Å². The second-order valence-electron chi connectivity index (χ2n) is 5.49. The lowest BCUT2D eigenvalue weighted by Gasteiger charge is -2.37. The van der Waals surface area contributed by atoms with Crippen LogP contribution in [0.2, 0.25) is 0 Å². The SMILES string of the molecule is Cl.NC[C@H]1CC[C@@H](C(=O)N2CCCCC2CNC(N)=O)O1. The van der Waals surface area contributed by atoms with E-state index in [0.717, 1.165) is 38.6 Å². The molecule has 2 fully saturated rings. The van der Waals surface area contributed by atoms with Crippen molar-refractivity contribution in [3.8, 4) is 0 Å². The Morgan fingerprint density at radius 2 is 2.00 bits per heavy atom. The fourth-order valence-corrected chi connectivity index (χ4v) is 2.97. The number of nitrogens with zero attached hydrogens (tertiary/aromatic N) is 1. The van der Waals surface area contributed by atoms with E-state index in [0.29, 0.717) is 13.1 Å². The van der Waals surface area contributed by atoms with Crippen LogP contribution >= 0.6 is 12.4 Å². The Kier molecular flexibility index (Phi) is 7.21. The second-order valence-corrected chi connectivity index (χ2v) is 5.49. The molecule has 3 amide bonds. The summed E-state index contributed by atoms with van der Waals surface area (Å²) in [5, 5.41) is 2.59. The molecule has 0 bridgehead atoms. The molecule has 7 nitrogen and oxygen atoms in total. The summed E-state index contributed by atoms with van der Waals surface area (Å²) in [5.74, 6) is 0.0249. The Morgan fingerprint density at radius 3 is 2.62 bits per heavy atom. The van der Waals surface area contributed by atoms with Crippen LogP contribution < -0.4 is 16.8 Å². The van der Waals surface area contributed by atoms with Gasteiger partial charge in [0.25, 0.3) is 5.91 Å². The van der Waals surface area contributed by atoms with Crippen molar-refractivity contribution in [1.82, 2.24) is 10.2 Å². The van der Waals surface area contributed by atoms with Gasteiger partial charge in [0.05, 0.1) is 6.10 Å². The molecule has 0 aromatic carbocycles. The maximum absolute atomic E-state index is 12.5. The summed E-state index contributed by atoms with van der Waals surface area (Å²) in [6.07, 6.45) is 4.13. The molecule has 21 heavy (non-hydrogen) atoms. The Balaban J connectivity index is 0.00000220. The number of piperidine rings is 1. The second kappa shape index (κ2) is 8.41. The number of nitrogens with one attached hydrogen (secondary N) is 1. The quantitative estimate of drug-likeness (QED) is 0.675. The summed E-state index contributed by atoms with van der Waals surface area (Å²) in [5.41, 5.74) is 10.7. The number of carbonyl (C=O) groups excluding carboxylic acids is 2. The molecular formula is C13H25ClN4O3. The Morgan fingerprint density at radius 1 is 1.24 bits per heavy atom. The lowest BCUT2D eigenvalue weighted by molar-refractivity contribution is -0.146. The van der Waals surface area contributed by atoms with Crippen molar-refractivity contribution in [3.63, 3.8) is 0 Å². The highest BCUT2D eigenvalue weighted by atomic mass is 35.5. The zero-order chi connectivity index (χ0) is 14.5. The van der Waals surface area contributed by atoms with Crippen LogP contribution in [0.1, 0.15) is 32.1 Å². The van der Waals surface area contributed by atoms with E-state index in [1.54, 1.807) is 0 Å². The van der Waals surface area contributed by atoms with Gasteiger partial charge in [-0.2, -0.15) is 0 Å². The molecular weight excluding hydrogens is 296 g/mol. The number of urea groups is 1. The third-order valence-corrected chi connectivity index (χ3v) is 4.07. The third-order valence-electron chi connectivity index (χ3n) is 4.07. The van der Waals surface area contributed by atoms with Crippen LogP contribution in [0.25, 0.3) is 0 Å². The van der Waals surface area contributed by atoms with E-state index >= 15 is 0 Å². The molecule has 0 aromatic rings. The van der Waals surface area contributed by atoms with Crippen LogP contribution in [0.4, 0.5) is 4.79 Å². The van der Waals surface area contributed by atoms with Crippen molar-refractivity contribution in [2.24, 2.45) is 11.5 Å². The van der Waals surface area contributed by atoms with E-state index < -0.39 is 6.03 Å². The average molecular weight is 321 g/mol. The molecule has 3 atom stereocenters. The molecule has 8 heteroatoms. The van der Waals surface area contributed by atoms with Crippen molar-refractivity contribution in [1.29, 1.82) is 0 Å². The van der Waals surface area contributed by atoms with Gasteiger partial charge in [0.15, 0.2) is 0 Å². The lowest BCUT2D eigenvalue weighted by atomic mass is 10.0. The minimum atomic E-state index is -0.553. The molecule has 2 rings (SSSR count). The summed E-state index contributed by atoms with van der Waals surface area (Å²) < 4.78 is 5.67. The van der Waals surface area contributed by atoms with Crippen molar-refractivity contribution in [3.05, 3.63) is 0 Å².